The molecule has 0 amide bonds. The maximum Gasteiger partial charge on any atom is 0.172 e. The Morgan fingerprint density at radius 2 is 1.53 bits per heavy atom. The van der Waals surface area contributed by atoms with Crippen LogP contribution in [0.25, 0.3) is 0 Å². The van der Waals surface area contributed by atoms with Crippen LogP contribution in [0.3, 0.4) is 0 Å². The second kappa shape index (κ2) is 5.78. The van der Waals surface area contributed by atoms with Crippen molar-refractivity contribution in [2.75, 3.05) is 26.2 Å². The van der Waals surface area contributed by atoms with Gasteiger partial charge in [-0.2, -0.15) is 0 Å². The molecule has 0 N–H and O–H groups in total. The molecular formula is C15H22N2OS. The van der Waals surface area contributed by atoms with Gasteiger partial charge in [-0.1, -0.05) is 0 Å². The molecule has 0 bridgehead atoms. The molecule has 2 rings (SSSR count). The molecule has 0 aliphatic carbocycles. The van der Waals surface area contributed by atoms with Gasteiger partial charge in [0.2, 0.25) is 0 Å². The van der Waals surface area contributed by atoms with E-state index in [4.69, 9.17) is 17.0 Å². The first-order valence-electron chi connectivity index (χ1n) is 6.85. The van der Waals surface area contributed by atoms with E-state index in [1.807, 2.05) is 13.8 Å². The molecule has 0 unspecified atom stereocenters. The SMILES string of the molecule is CCN1CC(=C2C=C(C)OC(C)=C2)CN(CC)C1=S. The van der Waals surface area contributed by atoms with Crippen molar-refractivity contribution < 1.29 is 4.74 Å². The van der Waals surface area contributed by atoms with Crippen LogP contribution in [-0.2, 0) is 4.74 Å². The number of hydrogen-bond acceptors (Lipinski definition) is 2. The summed E-state index contributed by atoms with van der Waals surface area (Å²) in [6.45, 7) is 12.1. The molecule has 2 aliphatic heterocycles. The lowest BCUT2D eigenvalue weighted by Crippen LogP contribution is -2.50. The van der Waals surface area contributed by atoms with Gasteiger partial charge in [0, 0.05) is 26.2 Å². The zero-order valence-corrected chi connectivity index (χ0v) is 13.0. The Kier molecular flexibility index (Phi) is 4.30. The number of ether oxygens (including phenoxy) is 1. The van der Waals surface area contributed by atoms with Gasteiger partial charge in [-0.05, 0) is 63.2 Å². The predicted octanol–water partition coefficient (Wildman–Crippen LogP) is 3.06. The van der Waals surface area contributed by atoms with Gasteiger partial charge in [0.25, 0.3) is 0 Å². The maximum atomic E-state index is 5.57. The molecule has 4 heteroatoms. The van der Waals surface area contributed by atoms with Crippen LogP contribution in [0.2, 0.25) is 0 Å². The molecule has 0 aromatic carbocycles. The van der Waals surface area contributed by atoms with Crippen molar-refractivity contribution in [3.8, 4) is 0 Å². The van der Waals surface area contributed by atoms with Gasteiger partial charge in [-0.15, -0.1) is 0 Å². The first-order valence-corrected chi connectivity index (χ1v) is 7.26. The highest BCUT2D eigenvalue weighted by atomic mass is 32.1. The Morgan fingerprint density at radius 1 is 1.05 bits per heavy atom. The third kappa shape index (κ3) is 3.00. The summed E-state index contributed by atoms with van der Waals surface area (Å²) in [6, 6.07) is 0. The van der Waals surface area contributed by atoms with E-state index in [2.05, 4.69) is 35.8 Å². The van der Waals surface area contributed by atoms with Crippen LogP contribution in [0, 0.1) is 0 Å². The topological polar surface area (TPSA) is 15.7 Å². The summed E-state index contributed by atoms with van der Waals surface area (Å²) in [5.74, 6) is 1.92. The quantitative estimate of drug-likeness (QED) is 0.721. The molecule has 1 saturated heterocycles. The van der Waals surface area contributed by atoms with Crippen LogP contribution >= 0.6 is 12.2 Å². The summed E-state index contributed by atoms with van der Waals surface area (Å²) in [7, 11) is 0. The van der Waals surface area contributed by atoms with Gasteiger partial charge in [0.1, 0.15) is 11.5 Å². The molecule has 0 saturated carbocycles. The minimum absolute atomic E-state index is 0.925. The molecule has 0 aromatic heterocycles. The highest BCUT2D eigenvalue weighted by Crippen LogP contribution is 2.24. The maximum absolute atomic E-state index is 5.57. The Balaban J connectivity index is 2.34. The first kappa shape index (κ1) is 14.1. The number of thiocarbonyl (C=S) groups is 1. The van der Waals surface area contributed by atoms with Gasteiger partial charge < -0.3 is 14.5 Å². The van der Waals surface area contributed by atoms with Gasteiger partial charge in [-0.3, -0.25) is 0 Å². The van der Waals surface area contributed by atoms with Crippen molar-refractivity contribution in [2.45, 2.75) is 27.7 Å². The average molecular weight is 278 g/mol. The summed E-state index contributed by atoms with van der Waals surface area (Å²) in [5.41, 5.74) is 2.69. The zero-order valence-electron chi connectivity index (χ0n) is 12.2. The molecule has 104 valence electrons. The summed E-state index contributed by atoms with van der Waals surface area (Å²) in [4.78, 5) is 4.51. The monoisotopic (exact) mass is 278 g/mol. The van der Waals surface area contributed by atoms with E-state index < -0.39 is 0 Å². The largest absolute Gasteiger partial charge is 0.467 e. The molecule has 2 heterocycles. The lowest BCUT2D eigenvalue weighted by atomic mass is 10.0. The van der Waals surface area contributed by atoms with E-state index in [0.29, 0.717) is 0 Å². The average Bonchev–Trinajstić information content (AvgIpc) is 2.37. The van der Waals surface area contributed by atoms with Crippen LogP contribution < -0.4 is 0 Å². The van der Waals surface area contributed by atoms with Crippen LogP contribution in [0.4, 0.5) is 0 Å². The number of hydrogen-bond donors (Lipinski definition) is 0. The lowest BCUT2D eigenvalue weighted by Gasteiger charge is -2.39. The third-order valence-corrected chi connectivity index (χ3v) is 4.03. The van der Waals surface area contributed by atoms with Gasteiger partial charge in [0.15, 0.2) is 5.11 Å². The standard InChI is InChI=1S/C15H22N2OS/c1-5-16-9-14(10-17(6-2)15(16)19)13-7-11(3)18-12(4)8-13/h7-8H,5-6,9-10H2,1-4H3. The molecule has 0 radical (unpaired) electrons. The smallest absolute Gasteiger partial charge is 0.172 e. The highest BCUT2D eigenvalue weighted by Gasteiger charge is 2.24. The predicted molar refractivity (Wildman–Crippen MR) is 82.7 cm³/mol. The molecular weight excluding hydrogens is 256 g/mol. The second-order valence-corrected chi connectivity index (χ2v) is 5.35. The van der Waals surface area contributed by atoms with E-state index in [-0.39, 0.29) is 0 Å². The van der Waals surface area contributed by atoms with Crippen LogP contribution in [0.15, 0.2) is 34.8 Å². The lowest BCUT2D eigenvalue weighted by molar-refractivity contribution is 0.302. The molecule has 3 nitrogen and oxygen atoms in total. The van der Waals surface area contributed by atoms with Gasteiger partial charge in [0.05, 0.1) is 0 Å². The summed E-state index contributed by atoms with van der Waals surface area (Å²) < 4.78 is 5.57. The van der Waals surface area contributed by atoms with Crippen molar-refractivity contribution in [1.82, 2.24) is 9.80 Å². The highest BCUT2D eigenvalue weighted by molar-refractivity contribution is 7.80. The summed E-state index contributed by atoms with van der Waals surface area (Å²) >= 11 is 5.52. The molecule has 0 aromatic rings. The van der Waals surface area contributed by atoms with Crippen molar-refractivity contribution >= 4 is 17.3 Å². The first-order chi connectivity index (χ1) is 9.05. The normalized spacial score (nSPS) is 20.3. The van der Waals surface area contributed by atoms with Crippen molar-refractivity contribution in [3.63, 3.8) is 0 Å². The summed E-state index contributed by atoms with van der Waals surface area (Å²) in [5, 5.41) is 0.975. The van der Waals surface area contributed by atoms with Crippen LogP contribution in [0.1, 0.15) is 27.7 Å². The van der Waals surface area contributed by atoms with E-state index in [0.717, 1.165) is 42.8 Å². The minimum atomic E-state index is 0.925. The van der Waals surface area contributed by atoms with Gasteiger partial charge >= 0.3 is 0 Å². The fourth-order valence-electron chi connectivity index (χ4n) is 2.52. The Bertz CT molecular complexity index is 439. The van der Waals surface area contributed by atoms with E-state index in [9.17, 15) is 0 Å². The number of allylic oxidation sites excluding steroid dienone is 5. The molecule has 19 heavy (non-hydrogen) atoms. The van der Waals surface area contributed by atoms with Crippen molar-refractivity contribution in [1.29, 1.82) is 0 Å². The Hall–Kier alpha value is -1.29. The van der Waals surface area contributed by atoms with Crippen molar-refractivity contribution in [3.05, 3.63) is 34.8 Å². The second-order valence-electron chi connectivity index (χ2n) is 4.98. The number of nitrogens with zero attached hydrogens (tertiary/aromatic N) is 2. The molecule has 0 spiro atoms. The van der Waals surface area contributed by atoms with E-state index >= 15 is 0 Å². The summed E-state index contributed by atoms with van der Waals surface area (Å²) in [6.07, 6.45) is 4.25. The fourth-order valence-corrected chi connectivity index (χ4v) is 2.91. The third-order valence-electron chi connectivity index (χ3n) is 3.52. The number of rotatable bonds is 2. The van der Waals surface area contributed by atoms with Gasteiger partial charge in [-0.25, -0.2) is 0 Å². The Morgan fingerprint density at radius 3 is 1.95 bits per heavy atom. The van der Waals surface area contributed by atoms with E-state index in [1.54, 1.807) is 0 Å². The zero-order chi connectivity index (χ0) is 14.0. The fraction of sp³-hybridized carbons (Fsp3) is 0.533. The van der Waals surface area contributed by atoms with Crippen molar-refractivity contribution in [2.24, 2.45) is 0 Å². The number of likely N-dealkylation sites (N-methyl/N-ethyl adjacent to an activating group) is 2. The van der Waals surface area contributed by atoms with E-state index in [1.165, 1.54) is 11.1 Å². The molecule has 2 aliphatic rings. The Labute approximate surface area is 121 Å². The van der Waals surface area contributed by atoms with Crippen LogP contribution in [0.5, 0.6) is 0 Å². The molecule has 1 fully saturated rings. The minimum Gasteiger partial charge on any atom is -0.467 e. The van der Waals surface area contributed by atoms with Crippen LogP contribution in [-0.4, -0.2) is 41.1 Å². The molecule has 0 atom stereocenters.